The molecule has 0 amide bonds. The molecule has 6 nitrogen and oxygen atoms in total. The summed E-state index contributed by atoms with van der Waals surface area (Å²) in [5.41, 5.74) is 1.49. The van der Waals surface area contributed by atoms with Crippen molar-refractivity contribution in [3.63, 3.8) is 0 Å². The molecule has 0 aliphatic heterocycles. The topological polar surface area (TPSA) is 74.5 Å². The van der Waals surface area contributed by atoms with Gasteiger partial charge in [-0.25, -0.2) is 0 Å². The number of rotatable bonds is 9. The molecule has 0 N–H and O–H groups in total. The van der Waals surface area contributed by atoms with Crippen molar-refractivity contribution in [2.45, 2.75) is 11.6 Å². The number of hydrogen-bond acceptors (Lipinski definition) is 7. The number of ether oxygens (including phenoxy) is 2. The zero-order chi connectivity index (χ0) is 18.2. The first kappa shape index (κ1) is 18.0. The zero-order valence-corrected chi connectivity index (χ0v) is 15.1. The summed E-state index contributed by atoms with van der Waals surface area (Å²) in [6.45, 7) is 0.576. The number of carbonyl (C=O) groups is 1. The first-order valence-corrected chi connectivity index (χ1v) is 9.06. The highest BCUT2D eigenvalue weighted by atomic mass is 32.2. The third-order valence-electron chi connectivity index (χ3n) is 3.54. The van der Waals surface area contributed by atoms with Crippen LogP contribution in [0.3, 0.4) is 0 Å². The van der Waals surface area contributed by atoms with Crippen LogP contribution in [0.4, 0.5) is 0 Å². The lowest BCUT2D eigenvalue weighted by Crippen LogP contribution is -1.98. The van der Waals surface area contributed by atoms with E-state index < -0.39 is 0 Å². The van der Waals surface area contributed by atoms with Crippen molar-refractivity contribution in [3.8, 4) is 23.0 Å². The number of nitrogens with zero attached hydrogens (tertiary/aromatic N) is 2. The highest BCUT2D eigenvalue weighted by molar-refractivity contribution is 7.99. The summed E-state index contributed by atoms with van der Waals surface area (Å²) in [4.78, 5) is 10.6. The minimum atomic E-state index is 0.488. The van der Waals surface area contributed by atoms with Crippen molar-refractivity contribution in [2.75, 3.05) is 19.5 Å². The highest BCUT2D eigenvalue weighted by Crippen LogP contribution is 2.25. The Morgan fingerprint density at radius 2 is 1.77 bits per heavy atom. The number of aldehydes is 1. The second-order valence-corrected chi connectivity index (χ2v) is 6.39. The fraction of sp³-hybridized carbons (Fsp3) is 0.211. The van der Waals surface area contributed by atoms with Crippen LogP contribution in [0.15, 0.2) is 58.2 Å². The molecule has 1 heterocycles. The van der Waals surface area contributed by atoms with Crippen LogP contribution in [0, 0.1) is 0 Å². The molecule has 3 aromatic rings. The average Bonchev–Trinajstić information content (AvgIpc) is 3.17. The Morgan fingerprint density at radius 3 is 2.46 bits per heavy atom. The van der Waals surface area contributed by atoms with Gasteiger partial charge in [0.25, 0.3) is 5.22 Å². The van der Waals surface area contributed by atoms with Gasteiger partial charge in [-0.3, -0.25) is 4.79 Å². The monoisotopic (exact) mass is 370 g/mol. The van der Waals surface area contributed by atoms with E-state index in [1.54, 1.807) is 31.4 Å². The van der Waals surface area contributed by atoms with E-state index in [0.717, 1.165) is 35.5 Å². The van der Waals surface area contributed by atoms with Gasteiger partial charge in [-0.05, 0) is 55.0 Å². The first-order chi connectivity index (χ1) is 12.8. The molecule has 0 atom stereocenters. The third kappa shape index (κ3) is 4.86. The predicted octanol–water partition coefficient (Wildman–Crippen LogP) is 4.12. The van der Waals surface area contributed by atoms with Crippen molar-refractivity contribution < 1.29 is 18.7 Å². The lowest BCUT2D eigenvalue weighted by atomic mass is 10.2. The molecular weight excluding hydrogens is 352 g/mol. The Kier molecular flexibility index (Phi) is 6.27. The highest BCUT2D eigenvalue weighted by Gasteiger charge is 2.09. The van der Waals surface area contributed by atoms with Gasteiger partial charge in [0.2, 0.25) is 5.89 Å². The molecule has 7 heteroatoms. The fourth-order valence-electron chi connectivity index (χ4n) is 2.17. The van der Waals surface area contributed by atoms with E-state index in [1.165, 1.54) is 11.8 Å². The molecule has 1 aromatic heterocycles. The molecule has 134 valence electrons. The lowest BCUT2D eigenvalue weighted by Gasteiger charge is -2.05. The van der Waals surface area contributed by atoms with Gasteiger partial charge in [-0.15, -0.1) is 10.2 Å². The normalized spacial score (nSPS) is 10.5. The van der Waals surface area contributed by atoms with Gasteiger partial charge in [-0.1, -0.05) is 11.8 Å². The Hall–Kier alpha value is -2.80. The molecule has 0 aliphatic rings. The van der Waals surface area contributed by atoms with Crippen LogP contribution in [0.1, 0.15) is 16.8 Å². The quantitative estimate of drug-likeness (QED) is 0.319. The molecule has 0 fully saturated rings. The molecule has 0 aliphatic carbocycles. The molecule has 2 aromatic carbocycles. The minimum absolute atomic E-state index is 0.488. The van der Waals surface area contributed by atoms with Gasteiger partial charge in [0.15, 0.2) is 0 Å². The summed E-state index contributed by atoms with van der Waals surface area (Å²) < 4.78 is 16.4. The molecular formula is C19H18N2O4S. The van der Waals surface area contributed by atoms with E-state index in [0.29, 0.717) is 23.3 Å². The molecule has 0 saturated heterocycles. The number of carbonyl (C=O) groups excluding carboxylic acids is 1. The summed E-state index contributed by atoms with van der Waals surface area (Å²) in [6, 6.07) is 14.5. The van der Waals surface area contributed by atoms with Crippen molar-refractivity contribution in [1.29, 1.82) is 0 Å². The molecule has 0 spiro atoms. The number of benzene rings is 2. The van der Waals surface area contributed by atoms with E-state index in [9.17, 15) is 4.79 Å². The van der Waals surface area contributed by atoms with Gasteiger partial charge < -0.3 is 13.9 Å². The molecule has 26 heavy (non-hydrogen) atoms. The van der Waals surface area contributed by atoms with Crippen LogP contribution < -0.4 is 9.47 Å². The van der Waals surface area contributed by atoms with Crippen LogP contribution in [-0.2, 0) is 0 Å². The minimum Gasteiger partial charge on any atom is -0.497 e. The smallest absolute Gasteiger partial charge is 0.276 e. The van der Waals surface area contributed by atoms with Crippen molar-refractivity contribution in [2.24, 2.45) is 0 Å². The van der Waals surface area contributed by atoms with E-state index >= 15 is 0 Å². The van der Waals surface area contributed by atoms with Crippen LogP contribution in [-0.4, -0.2) is 36.0 Å². The Labute approximate surface area is 155 Å². The maximum absolute atomic E-state index is 10.6. The van der Waals surface area contributed by atoms with Crippen LogP contribution >= 0.6 is 11.8 Å². The Bertz CT molecular complexity index is 832. The second-order valence-electron chi connectivity index (χ2n) is 5.34. The molecule has 0 radical (unpaired) electrons. The molecule has 0 saturated carbocycles. The third-order valence-corrected chi connectivity index (χ3v) is 4.45. The summed E-state index contributed by atoms with van der Waals surface area (Å²) in [5.74, 6) is 2.82. The van der Waals surface area contributed by atoms with Crippen molar-refractivity contribution in [3.05, 3.63) is 54.1 Å². The van der Waals surface area contributed by atoms with Crippen LogP contribution in [0.2, 0.25) is 0 Å². The number of aromatic nitrogens is 2. The number of thioether (sulfide) groups is 1. The van der Waals surface area contributed by atoms with Gasteiger partial charge in [-0.2, -0.15) is 0 Å². The van der Waals surface area contributed by atoms with Gasteiger partial charge in [0.1, 0.15) is 17.8 Å². The number of methoxy groups -OCH3 is 1. The fourth-order valence-corrected chi connectivity index (χ4v) is 2.84. The maximum Gasteiger partial charge on any atom is 0.276 e. The zero-order valence-electron chi connectivity index (χ0n) is 14.3. The van der Waals surface area contributed by atoms with Crippen molar-refractivity contribution in [1.82, 2.24) is 10.2 Å². The van der Waals surface area contributed by atoms with Crippen molar-refractivity contribution >= 4 is 18.0 Å². The van der Waals surface area contributed by atoms with E-state index in [-0.39, 0.29) is 0 Å². The van der Waals surface area contributed by atoms with E-state index in [2.05, 4.69) is 10.2 Å². The molecule has 0 bridgehead atoms. The van der Waals surface area contributed by atoms with Gasteiger partial charge in [0, 0.05) is 16.9 Å². The predicted molar refractivity (Wildman–Crippen MR) is 99.0 cm³/mol. The number of hydrogen-bond donors (Lipinski definition) is 0. The average molecular weight is 370 g/mol. The van der Waals surface area contributed by atoms with E-state index in [4.69, 9.17) is 13.9 Å². The van der Waals surface area contributed by atoms with Crippen LogP contribution in [0.5, 0.6) is 11.5 Å². The van der Waals surface area contributed by atoms with E-state index in [1.807, 2.05) is 24.3 Å². The summed E-state index contributed by atoms with van der Waals surface area (Å²) in [6.07, 6.45) is 1.64. The Balaban J connectivity index is 1.42. The standard InChI is InChI=1S/C19H18N2O4S/c1-23-16-9-5-15(6-10-16)18-20-21-19(25-18)26-12-2-11-24-17-7-3-14(13-22)4-8-17/h3-10,13H,2,11-12H2,1H3. The second kappa shape index (κ2) is 9.05. The van der Waals surface area contributed by atoms with Gasteiger partial charge in [0.05, 0.1) is 13.7 Å². The maximum atomic E-state index is 10.6. The Morgan fingerprint density at radius 1 is 1.04 bits per heavy atom. The lowest BCUT2D eigenvalue weighted by molar-refractivity contribution is 0.112. The summed E-state index contributed by atoms with van der Waals surface area (Å²) >= 11 is 1.49. The summed E-state index contributed by atoms with van der Waals surface area (Å²) in [5, 5.41) is 8.65. The van der Waals surface area contributed by atoms with Crippen LogP contribution in [0.25, 0.3) is 11.5 Å². The first-order valence-electron chi connectivity index (χ1n) is 8.07. The summed E-state index contributed by atoms with van der Waals surface area (Å²) in [7, 11) is 1.63. The SMILES string of the molecule is COc1ccc(-c2nnc(SCCCOc3ccc(C=O)cc3)o2)cc1. The largest absolute Gasteiger partial charge is 0.497 e. The molecule has 0 unspecified atom stereocenters. The van der Waals surface area contributed by atoms with Gasteiger partial charge >= 0.3 is 0 Å². The molecule has 3 rings (SSSR count).